The van der Waals surface area contributed by atoms with Crippen molar-refractivity contribution in [1.29, 1.82) is 0 Å². The van der Waals surface area contributed by atoms with Gasteiger partial charge in [0, 0.05) is 0 Å². The third-order valence-electron chi connectivity index (χ3n) is 4.35. The zero-order valence-corrected chi connectivity index (χ0v) is 10.4. The molecule has 0 aromatic heterocycles. The van der Waals surface area contributed by atoms with E-state index in [9.17, 15) is 18.3 Å². The molecule has 3 rings (SSSR count). The van der Waals surface area contributed by atoms with Gasteiger partial charge < -0.3 is 9.84 Å². The van der Waals surface area contributed by atoms with E-state index in [1.165, 1.54) is 12.1 Å². The molecule has 1 N–H and O–H groups in total. The Morgan fingerprint density at radius 3 is 2.58 bits per heavy atom. The van der Waals surface area contributed by atoms with Crippen LogP contribution in [-0.4, -0.2) is 22.9 Å². The Kier molecular flexibility index (Phi) is 2.70. The lowest BCUT2D eigenvalue weighted by atomic mass is 9.76. The van der Waals surface area contributed by atoms with Crippen LogP contribution in [0.25, 0.3) is 0 Å². The average Bonchev–Trinajstić information content (AvgIpc) is 3.01. The molecule has 0 amide bonds. The quantitative estimate of drug-likeness (QED) is 0.797. The van der Waals surface area contributed by atoms with Gasteiger partial charge in [0.15, 0.2) is 0 Å². The second-order valence-electron chi connectivity index (χ2n) is 5.56. The van der Waals surface area contributed by atoms with Crippen molar-refractivity contribution < 1.29 is 23.0 Å². The van der Waals surface area contributed by atoms with E-state index in [0.717, 1.165) is 6.07 Å². The minimum Gasteiger partial charge on any atom is -0.390 e. The number of benzene rings is 1. The van der Waals surface area contributed by atoms with Gasteiger partial charge in [-0.2, -0.15) is 13.2 Å². The topological polar surface area (TPSA) is 32.8 Å². The molecule has 104 valence electrons. The highest BCUT2D eigenvalue weighted by atomic mass is 19.4. The molecule has 2 aliphatic rings. The minimum atomic E-state index is -4.35. The van der Waals surface area contributed by atoms with E-state index in [2.05, 4.69) is 0 Å². The lowest BCUT2D eigenvalue weighted by Gasteiger charge is -2.29. The Balaban J connectivity index is 1.91. The summed E-state index contributed by atoms with van der Waals surface area (Å²) in [5.41, 5.74) is -0.869. The normalized spacial score (nSPS) is 37.8. The number of halogens is 3. The molecule has 1 saturated carbocycles. The van der Waals surface area contributed by atoms with Crippen LogP contribution in [0.3, 0.4) is 0 Å². The van der Waals surface area contributed by atoms with Crippen LogP contribution >= 0.6 is 0 Å². The van der Waals surface area contributed by atoms with Crippen LogP contribution in [0.4, 0.5) is 13.2 Å². The Bertz CT molecular complexity index is 500. The Morgan fingerprint density at radius 1 is 1.26 bits per heavy atom. The fourth-order valence-electron chi connectivity index (χ4n) is 3.07. The second-order valence-corrected chi connectivity index (χ2v) is 5.56. The van der Waals surface area contributed by atoms with E-state index < -0.39 is 23.4 Å². The predicted molar refractivity (Wildman–Crippen MR) is 62.7 cm³/mol. The summed E-state index contributed by atoms with van der Waals surface area (Å²) in [6, 6.07) is 5.61. The number of ether oxygens (including phenoxy) is 1. The highest BCUT2D eigenvalue weighted by molar-refractivity contribution is 5.34. The summed E-state index contributed by atoms with van der Waals surface area (Å²) >= 11 is 0. The maximum Gasteiger partial charge on any atom is 0.416 e. The predicted octanol–water partition coefficient (Wildman–Crippen LogP) is 3.10. The van der Waals surface area contributed by atoms with Crippen LogP contribution in [0, 0.1) is 0 Å². The molecule has 4 atom stereocenters. The maximum absolute atomic E-state index is 13.0. The van der Waals surface area contributed by atoms with Crippen LogP contribution in [0.5, 0.6) is 0 Å². The first kappa shape index (κ1) is 12.9. The van der Waals surface area contributed by atoms with E-state index in [1.54, 1.807) is 6.07 Å². The van der Waals surface area contributed by atoms with E-state index in [1.807, 2.05) is 6.92 Å². The molecule has 1 aromatic rings. The van der Waals surface area contributed by atoms with Crippen LogP contribution in [-0.2, 0) is 10.9 Å². The van der Waals surface area contributed by atoms with E-state index in [-0.39, 0.29) is 17.6 Å². The van der Waals surface area contributed by atoms with Crippen molar-refractivity contribution in [1.82, 2.24) is 0 Å². The van der Waals surface area contributed by atoms with Gasteiger partial charge in [0.25, 0.3) is 0 Å². The molecular weight excluding hydrogens is 257 g/mol. The number of hydrogen-bond acceptors (Lipinski definition) is 2. The van der Waals surface area contributed by atoms with Crippen LogP contribution in [0.1, 0.15) is 36.8 Å². The molecule has 1 heterocycles. The zero-order valence-electron chi connectivity index (χ0n) is 10.4. The van der Waals surface area contributed by atoms with Crippen molar-refractivity contribution in [3.63, 3.8) is 0 Å². The van der Waals surface area contributed by atoms with Crippen molar-refractivity contribution >= 4 is 0 Å². The second kappa shape index (κ2) is 3.96. The summed E-state index contributed by atoms with van der Waals surface area (Å²) in [5.74, 6) is -0.298. The van der Waals surface area contributed by atoms with Gasteiger partial charge in [0.05, 0.1) is 17.8 Å². The van der Waals surface area contributed by atoms with Crippen molar-refractivity contribution in [3.05, 3.63) is 35.4 Å². The molecule has 0 spiro atoms. The Hall–Kier alpha value is -1.07. The molecular formula is C14H15F3O2. The van der Waals surface area contributed by atoms with Crippen LogP contribution in [0.2, 0.25) is 0 Å². The minimum absolute atomic E-state index is 0.123. The van der Waals surface area contributed by atoms with Crippen molar-refractivity contribution in [2.75, 3.05) is 0 Å². The first-order valence-corrected chi connectivity index (χ1v) is 6.34. The smallest absolute Gasteiger partial charge is 0.390 e. The Labute approximate surface area is 109 Å². The van der Waals surface area contributed by atoms with Crippen molar-refractivity contribution in [3.8, 4) is 0 Å². The zero-order chi connectivity index (χ0) is 13.8. The summed E-state index contributed by atoms with van der Waals surface area (Å²) in [4.78, 5) is 0. The number of fused-ring (bicyclic) bond motifs is 1. The number of rotatable bonds is 1. The molecule has 0 bridgehead atoms. The standard InChI is InChI=1S/C14H15F3O2/c1-13-11(18)6-8(7-12(13)19-13)9-4-2-3-5-10(9)14(15,16)17/h2-5,8,11-12,18H,6-7H2,1H3. The summed E-state index contributed by atoms with van der Waals surface area (Å²) in [5, 5.41) is 10.00. The number of epoxide rings is 1. The highest BCUT2D eigenvalue weighted by Gasteiger charge is 2.61. The molecule has 1 saturated heterocycles. The van der Waals surface area contributed by atoms with Gasteiger partial charge in [-0.3, -0.25) is 0 Å². The molecule has 5 heteroatoms. The summed E-state index contributed by atoms with van der Waals surface area (Å²) < 4.78 is 44.4. The maximum atomic E-state index is 13.0. The number of aliphatic hydroxyl groups excluding tert-OH is 1. The molecule has 2 fully saturated rings. The van der Waals surface area contributed by atoms with Gasteiger partial charge in [-0.1, -0.05) is 18.2 Å². The van der Waals surface area contributed by atoms with Gasteiger partial charge >= 0.3 is 6.18 Å². The molecule has 1 aromatic carbocycles. The average molecular weight is 272 g/mol. The first-order valence-electron chi connectivity index (χ1n) is 6.34. The van der Waals surface area contributed by atoms with Gasteiger partial charge in [0.2, 0.25) is 0 Å². The third kappa shape index (κ3) is 2.05. The highest BCUT2D eigenvalue weighted by Crippen LogP contribution is 2.53. The van der Waals surface area contributed by atoms with Gasteiger partial charge in [-0.05, 0) is 37.3 Å². The van der Waals surface area contributed by atoms with Gasteiger partial charge in [-0.25, -0.2) is 0 Å². The fourth-order valence-corrected chi connectivity index (χ4v) is 3.07. The number of alkyl halides is 3. The van der Waals surface area contributed by atoms with Crippen molar-refractivity contribution in [2.45, 2.75) is 49.7 Å². The van der Waals surface area contributed by atoms with Crippen LogP contribution in [0.15, 0.2) is 24.3 Å². The molecule has 19 heavy (non-hydrogen) atoms. The molecule has 4 unspecified atom stereocenters. The number of aliphatic hydroxyl groups is 1. The molecule has 1 aliphatic carbocycles. The van der Waals surface area contributed by atoms with Crippen LogP contribution < -0.4 is 0 Å². The van der Waals surface area contributed by atoms with Crippen molar-refractivity contribution in [2.24, 2.45) is 0 Å². The first-order chi connectivity index (χ1) is 8.82. The SMILES string of the molecule is CC12OC1CC(c1ccccc1C(F)(F)F)CC2O. The van der Waals surface area contributed by atoms with Gasteiger partial charge in [0.1, 0.15) is 5.60 Å². The molecule has 0 radical (unpaired) electrons. The fraction of sp³-hybridized carbons (Fsp3) is 0.571. The summed E-state index contributed by atoms with van der Waals surface area (Å²) in [6.45, 7) is 1.81. The lowest BCUT2D eigenvalue weighted by Crippen LogP contribution is -2.36. The third-order valence-corrected chi connectivity index (χ3v) is 4.35. The van der Waals surface area contributed by atoms with E-state index in [4.69, 9.17) is 4.74 Å². The largest absolute Gasteiger partial charge is 0.416 e. The van der Waals surface area contributed by atoms with E-state index >= 15 is 0 Å². The summed E-state index contributed by atoms with van der Waals surface area (Å²) in [7, 11) is 0. The van der Waals surface area contributed by atoms with Gasteiger partial charge in [-0.15, -0.1) is 0 Å². The number of hydrogen-bond donors (Lipinski definition) is 1. The lowest BCUT2D eigenvalue weighted by molar-refractivity contribution is -0.138. The van der Waals surface area contributed by atoms with E-state index in [0.29, 0.717) is 12.8 Å². The Morgan fingerprint density at radius 2 is 1.95 bits per heavy atom. The summed E-state index contributed by atoms with van der Waals surface area (Å²) in [6.07, 6.45) is -4.31. The monoisotopic (exact) mass is 272 g/mol. The molecule has 2 nitrogen and oxygen atoms in total. The molecule has 1 aliphatic heterocycles.